The molecule has 2 rings (SSSR count). The highest BCUT2D eigenvalue weighted by Crippen LogP contribution is 2.16. The quantitative estimate of drug-likeness (QED) is 0.689. The molecule has 0 saturated heterocycles. The largest absolute Gasteiger partial charge is 0.423 e. The Kier molecular flexibility index (Phi) is 4.94. The number of amides is 1. The van der Waals surface area contributed by atoms with Gasteiger partial charge in [-0.3, -0.25) is 4.79 Å². The number of nitrogens with one attached hydrogen (secondary N) is 1. The second-order valence-corrected chi connectivity index (χ2v) is 5.42. The van der Waals surface area contributed by atoms with Gasteiger partial charge in [-0.15, -0.1) is 0 Å². The molecule has 2 aromatic rings. The fourth-order valence-electron chi connectivity index (χ4n) is 1.75. The molecular formula is C18H19NO3. The number of aryl methyl sites for hydroxylation is 1. The molecule has 1 N–H and O–H groups in total. The Hall–Kier alpha value is -2.62. The number of esters is 1. The molecule has 0 unspecified atom stereocenters. The molecule has 0 fully saturated rings. The standard InChI is InChI=1S/C18H19NO3/c1-12(2)17(20)19-15-8-6-14(7-9-15)18(21)22-16-10-4-13(3)5-11-16/h4-12H,1-3H3,(H,19,20). The van der Waals surface area contributed by atoms with E-state index in [1.165, 1.54) is 0 Å². The van der Waals surface area contributed by atoms with Crippen molar-refractivity contribution in [2.45, 2.75) is 20.8 Å². The van der Waals surface area contributed by atoms with Crippen molar-refractivity contribution in [3.63, 3.8) is 0 Å². The second kappa shape index (κ2) is 6.89. The minimum atomic E-state index is -0.425. The molecule has 4 nitrogen and oxygen atoms in total. The minimum Gasteiger partial charge on any atom is -0.423 e. The molecule has 0 aliphatic rings. The summed E-state index contributed by atoms with van der Waals surface area (Å²) in [5.74, 6) is -0.0699. The topological polar surface area (TPSA) is 55.4 Å². The Labute approximate surface area is 130 Å². The molecule has 114 valence electrons. The Morgan fingerprint density at radius 1 is 0.955 bits per heavy atom. The second-order valence-electron chi connectivity index (χ2n) is 5.42. The Balaban J connectivity index is 2.02. The predicted octanol–water partition coefficient (Wildman–Crippen LogP) is 3.81. The monoisotopic (exact) mass is 297 g/mol. The highest BCUT2D eigenvalue weighted by Gasteiger charge is 2.10. The molecule has 0 atom stereocenters. The lowest BCUT2D eigenvalue weighted by atomic mass is 10.1. The van der Waals surface area contributed by atoms with E-state index in [4.69, 9.17) is 4.74 Å². The van der Waals surface area contributed by atoms with Crippen LogP contribution in [0, 0.1) is 12.8 Å². The van der Waals surface area contributed by atoms with E-state index in [0.29, 0.717) is 17.0 Å². The number of benzene rings is 2. The summed E-state index contributed by atoms with van der Waals surface area (Å²) in [7, 11) is 0. The fourth-order valence-corrected chi connectivity index (χ4v) is 1.75. The molecule has 0 heterocycles. The van der Waals surface area contributed by atoms with Gasteiger partial charge in [-0.1, -0.05) is 31.5 Å². The summed E-state index contributed by atoms with van der Waals surface area (Å²) in [5.41, 5.74) is 2.19. The summed E-state index contributed by atoms with van der Waals surface area (Å²) in [6.45, 7) is 5.61. The van der Waals surface area contributed by atoms with E-state index in [2.05, 4.69) is 5.32 Å². The van der Waals surface area contributed by atoms with Crippen LogP contribution in [0.2, 0.25) is 0 Å². The van der Waals surface area contributed by atoms with Crippen molar-refractivity contribution >= 4 is 17.6 Å². The molecule has 0 aliphatic carbocycles. The molecule has 0 bridgehead atoms. The van der Waals surface area contributed by atoms with E-state index < -0.39 is 5.97 Å². The third kappa shape index (κ3) is 4.19. The van der Waals surface area contributed by atoms with Crippen LogP contribution in [-0.2, 0) is 4.79 Å². The lowest BCUT2D eigenvalue weighted by Crippen LogP contribution is -2.17. The summed E-state index contributed by atoms with van der Waals surface area (Å²) in [6.07, 6.45) is 0. The normalized spacial score (nSPS) is 10.4. The molecular weight excluding hydrogens is 278 g/mol. The van der Waals surface area contributed by atoms with Crippen LogP contribution in [0.4, 0.5) is 5.69 Å². The lowest BCUT2D eigenvalue weighted by molar-refractivity contribution is -0.118. The van der Waals surface area contributed by atoms with Gasteiger partial charge in [0.25, 0.3) is 0 Å². The van der Waals surface area contributed by atoms with Crippen molar-refractivity contribution in [2.24, 2.45) is 5.92 Å². The van der Waals surface area contributed by atoms with Gasteiger partial charge in [0, 0.05) is 11.6 Å². The van der Waals surface area contributed by atoms with Crippen LogP contribution < -0.4 is 10.1 Å². The zero-order valence-corrected chi connectivity index (χ0v) is 12.9. The maximum atomic E-state index is 12.0. The lowest BCUT2D eigenvalue weighted by Gasteiger charge is -2.08. The number of ether oxygens (including phenoxy) is 1. The van der Waals surface area contributed by atoms with E-state index in [0.717, 1.165) is 5.56 Å². The van der Waals surface area contributed by atoms with Gasteiger partial charge in [0.15, 0.2) is 0 Å². The van der Waals surface area contributed by atoms with Crippen LogP contribution in [0.25, 0.3) is 0 Å². The van der Waals surface area contributed by atoms with Crippen molar-refractivity contribution < 1.29 is 14.3 Å². The molecule has 0 saturated carbocycles. The minimum absolute atomic E-state index is 0.0602. The van der Waals surface area contributed by atoms with Gasteiger partial charge < -0.3 is 10.1 Å². The van der Waals surface area contributed by atoms with Crippen molar-refractivity contribution in [3.05, 3.63) is 59.7 Å². The molecule has 0 aliphatic heterocycles. The summed E-state index contributed by atoms with van der Waals surface area (Å²) < 4.78 is 5.29. The predicted molar refractivity (Wildman–Crippen MR) is 86.0 cm³/mol. The van der Waals surface area contributed by atoms with Crippen LogP contribution in [-0.4, -0.2) is 11.9 Å². The average Bonchev–Trinajstić information content (AvgIpc) is 2.50. The van der Waals surface area contributed by atoms with E-state index in [1.807, 2.05) is 32.9 Å². The van der Waals surface area contributed by atoms with Gasteiger partial charge in [-0.05, 0) is 43.3 Å². The van der Waals surface area contributed by atoms with Crippen molar-refractivity contribution in [2.75, 3.05) is 5.32 Å². The summed E-state index contributed by atoms with van der Waals surface area (Å²) in [5, 5.41) is 2.77. The van der Waals surface area contributed by atoms with Crippen LogP contribution >= 0.6 is 0 Å². The summed E-state index contributed by atoms with van der Waals surface area (Å²) in [4.78, 5) is 23.6. The van der Waals surface area contributed by atoms with Gasteiger partial charge >= 0.3 is 5.97 Å². The molecule has 2 aromatic carbocycles. The van der Waals surface area contributed by atoms with Crippen molar-refractivity contribution in [1.82, 2.24) is 0 Å². The van der Waals surface area contributed by atoms with Crippen molar-refractivity contribution in [1.29, 1.82) is 0 Å². The maximum Gasteiger partial charge on any atom is 0.343 e. The number of carbonyl (C=O) groups excluding carboxylic acids is 2. The van der Waals surface area contributed by atoms with Crippen LogP contribution in [0.15, 0.2) is 48.5 Å². The van der Waals surface area contributed by atoms with Crippen molar-refractivity contribution in [3.8, 4) is 5.75 Å². The molecule has 4 heteroatoms. The Morgan fingerprint density at radius 3 is 2.09 bits per heavy atom. The van der Waals surface area contributed by atoms with E-state index in [-0.39, 0.29) is 11.8 Å². The molecule has 0 radical (unpaired) electrons. The van der Waals surface area contributed by atoms with Gasteiger partial charge in [0.05, 0.1) is 5.56 Å². The first-order valence-corrected chi connectivity index (χ1v) is 7.15. The summed E-state index contributed by atoms with van der Waals surface area (Å²) >= 11 is 0. The molecule has 1 amide bonds. The Bertz CT molecular complexity index is 658. The zero-order chi connectivity index (χ0) is 16.1. The number of rotatable bonds is 4. The van der Waals surface area contributed by atoms with Crippen LogP contribution in [0.3, 0.4) is 0 Å². The maximum absolute atomic E-state index is 12.0. The molecule has 0 aromatic heterocycles. The first-order valence-electron chi connectivity index (χ1n) is 7.15. The van der Waals surface area contributed by atoms with E-state index in [9.17, 15) is 9.59 Å². The van der Waals surface area contributed by atoms with Gasteiger partial charge in [-0.25, -0.2) is 4.79 Å². The van der Waals surface area contributed by atoms with Gasteiger partial charge in [0.1, 0.15) is 5.75 Å². The number of hydrogen-bond donors (Lipinski definition) is 1. The number of carbonyl (C=O) groups is 2. The van der Waals surface area contributed by atoms with Gasteiger partial charge in [0.2, 0.25) is 5.91 Å². The number of anilines is 1. The molecule has 0 spiro atoms. The van der Waals surface area contributed by atoms with E-state index in [1.54, 1.807) is 36.4 Å². The third-order valence-corrected chi connectivity index (χ3v) is 3.14. The highest BCUT2D eigenvalue weighted by atomic mass is 16.5. The number of hydrogen-bond acceptors (Lipinski definition) is 3. The SMILES string of the molecule is Cc1ccc(OC(=O)c2ccc(NC(=O)C(C)C)cc2)cc1. The summed E-state index contributed by atoms with van der Waals surface area (Å²) in [6, 6.07) is 13.9. The first kappa shape index (κ1) is 15.8. The van der Waals surface area contributed by atoms with E-state index >= 15 is 0 Å². The Morgan fingerprint density at radius 2 is 1.55 bits per heavy atom. The fraction of sp³-hybridized carbons (Fsp3) is 0.222. The van der Waals surface area contributed by atoms with Gasteiger partial charge in [-0.2, -0.15) is 0 Å². The zero-order valence-electron chi connectivity index (χ0n) is 12.9. The van der Waals surface area contributed by atoms with Crippen LogP contribution in [0.1, 0.15) is 29.8 Å². The van der Waals surface area contributed by atoms with Crippen LogP contribution in [0.5, 0.6) is 5.75 Å². The highest BCUT2D eigenvalue weighted by molar-refractivity contribution is 5.94. The first-order chi connectivity index (χ1) is 10.5. The average molecular weight is 297 g/mol. The third-order valence-electron chi connectivity index (χ3n) is 3.14. The molecule has 22 heavy (non-hydrogen) atoms. The smallest absolute Gasteiger partial charge is 0.343 e.